The summed E-state index contributed by atoms with van der Waals surface area (Å²) in [7, 11) is 4.71. The van der Waals surface area contributed by atoms with E-state index in [1.165, 1.54) is 28.7 Å². The van der Waals surface area contributed by atoms with Gasteiger partial charge in [-0.25, -0.2) is 0 Å². The van der Waals surface area contributed by atoms with Crippen LogP contribution < -0.4 is 9.47 Å². The molecule has 0 fully saturated rings. The number of rotatable bonds is 9. The zero-order valence-electron chi connectivity index (χ0n) is 25.3. The van der Waals surface area contributed by atoms with Gasteiger partial charge in [-0.15, -0.1) is 0 Å². The highest BCUT2D eigenvalue weighted by Crippen LogP contribution is 2.39. The molecule has 44 heavy (non-hydrogen) atoms. The molecular formula is C39H34O5. The van der Waals surface area contributed by atoms with Gasteiger partial charge in [-0.3, -0.25) is 4.79 Å². The number of methoxy groups -OCH3 is 3. The Morgan fingerprint density at radius 2 is 1.32 bits per heavy atom. The highest BCUT2D eigenvalue weighted by Gasteiger charge is 2.24. The fraction of sp³-hybridized carbons (Fsp3) is 0.154. The van der Waals surface area contributed by atoms with Crippen LogP contribution in [0, 0.1) is 0 Å². The molecule has 5 nitrogen and oxygen atoms in total. The molecular weight excluding hydrogens is 548 g/mol. The maximum absolute atomic E-state index is 12.3. The van der Waals surface area contributed by atoms with E-state index in [1.54, 1.807) is 14.2 Å². The zero-order chi connectivity index (χ0) is 30.6. The van der Waals surface area contributed by atoms with Crippen LogP contribution in [-0.2, 0) is 16.0 Å². The molecule has 0 amide bonds. The molecule has 5 heteroatoms. The van der Waals surface area contributed by atoms with E-state index in [2.05, 4.69) is 91.9 Å². The number of benzene rings is 5. The van der Waals surface area contributed by atoms with Crippen molar-refractivity contribution in [2.75, 3.05) is 21.3 Å². The van der Waals surface area contributed by atoms with Gasteiger partial charge in [-0.1, -0.05) is 72.8 Å². The molecule has 0 bridgehead atoms. The summed E-state index contributed by atoms with van der Waals surface area (Å²) in [5.74, 6) is 2.26. The molecule has 0 saturated heterocycles. The largest absolute Gasteiger partial charge is 0.497 e. The van der Waals surface area contributed by atoms with Gasteiger partial charge in [0.15, 0.2) is 0 Å². The Labute approximate surface area is 257 Å². The number of ether oxygens (including phenoxy) is 3. The first kappa shape index (κ1) is 28.8. The SMILES string of the molecule is COC(=O)Cc1cc(C(c2ccc(OC)cc2)c2ccc(OC)cc2)c(/C=C(\C)c2ccc3ccc4ccccc4c3c2)o1. The van der Waals surface area contributed by atoms with Crippen molar-refractivity contribution >= 4 is 39.2 Å². The number of allylic oxidation sites excluding steroid dienone is 1. The molecule has 0 aliphatic rings. The summed E-state index contributed by atoms with van der Waals surface area (Å²) in [5, 5.41) is 4.83. The Bertz CT molecular complexity index is 1920. The van der Waals surface area contributed by atoms with Gasteiger partial charge < -0.3 is 18.6 Å². The molecule has 1 aromatic heterocycles. The van der Waals surface area contributed by atoms with E-state index in [0.29, 0.717) is 11.5 Å². The first-order valence-corrected chi connectivity index (χ1v) is 14.5. The van der Waals surface area contributed by atoms with E-state index in [0.717, 1.165) is 39.3 Å². The van der Waals surface area contributed by atoms with Crippen molar-refractivity contribution in [2.24, 2.45) is 0 Å². The fourth-order valence-corrected chi connectivity index (χ4v) is 5.79. The fourth-order valence-electron chi connectivity index (χ4n) is 5.79. The van der Waals surface area contributed by atoms with Crippen molar-refractivity contribution in [3.05, 3.63) is 143 Å². The van der Waals surface area contributed by atoms with Crippen LogP contribution in [-0.4, -0.2) is 27.3 Å². The van der Waals surface area contributed by atoms with Crippen LogP contribution in [0.4, 0.5) is 0 Å². The molecule has 0 atom stereocenters. The van der Waals surface area contributed by atoms with Gasteiger partial charge in [0.1, 0.15) is 29.4 Å². The minimum Gasteiger partial charge on any atom is -0.497 e. The Balaban J connectivity index is 1.50. The Hall–Kier alpha value is -5.29. The van der Waals surface area contributed by atoms with E-state index in [-0.39, 0.29) is 18.3 Å². The van der Waals surface area contributed by atoms with Crippen LogP contribution in [0.2, 0.25) is 0 Å². The molecule has 1 heterocycles. The van der Waals surface area contributed by atoms with Crippen molar-refractivity contribution in [3.63, 3.8) is 0 Å². The third-order valence-corrected chi connectivity index (χ3v) is 8.15. The van der Waals surface area contributed by atoms with Crippen LogP contribution in [0.15, 0.2) is 114 Å². The van der Waals surface area contributed by atoms with E-state index < -0.39 is 0 Å². The van der Waals surface area contributed by atoms with Gasteiger partial charge in [0.2, 0.25) is 0 Å². The monoisotopic (exact) mass is 582 g/mol. The van der Waals surface area contributed by atoms with Crippen molar-refractivity contribution in [1.29, 1.82) is 0 Å². The average molecular weight is 583 g/mol. The smallest absolute Gasteiger partial charge is 0.313 e. The average Bonchev–Trinajstić information content (AvgIpc) is 3.45. The number of carbonyl (C=O) groups is 1. The lowest BCUT2D eigenvalue weighted by Gasteiger charge is -2.19. The molecule has 6 aromatic rings. The second kappa shape index (κ2) is 12.5. The summed E-state index contributed by atoms with van der Waals surface area (Å²) in [6.07, 6.45) is 2.11. The summed E-state index contributed by atoms with van der Waals surface area (Å²) in [4.78, 5) is 12.3. The number of fused-ring (bicyclic) bond motifs is 3. The highest BCUT2D eigenvalue weighted by atomic mass is 16.5. The van der Waals surface area contributed by atoms with Crippen LogP contribution in [0.25, 0.3) is 33.2 Å². The Kier molecular flexibility index (Phi) is 8.20. The van der Waals surface area contributed by atoms with Gasteiger partial charge in [0.25, 0.3) is 0 Å². The maximum Gasteiger partial charge on any atom is 0.313 e. The van der Waals surface area contributed by atoms with Gasteiger partial charge in [-0.2, -0.15) is 0 Å². The number of esters is 1. The van der Waals surface area contributed by atoms with Crippen LogP contribution in [0.3, 0.4) is 0 Å². The van der Waals surface area contributed by atoms with Crippen molar-refractivity contribution in [3.8, 4) is 11.5 Å². The second-order valence-electron chi connectivity index (χ2n) is 10.8. The summed E-state index contributed by atoms with van der Waals surface area (Å²) < 4.78 is 22.3. The van der Waals surface area contributed by atoms with E-state index >= 15 is 0 Å². The summed E-state index contributed by atoms with van der Waals surface area (Å²) >= 11 is 0. The molecule has 0 spiro atoms. The van der Waals surface area contributed by atoms with E-state index in [4.69, 9.17) is 18.6 Å². The predicted octanol–water partition coefficient (Wildman–Crippen LogP) is 9.06. The zero-order valence-corrected chi connectivity index (χ0v) is 25.3. The molecule has 0 radical (unpaired) electrons. The summed E-state index contributed by atoms with van der Waals surface area (Å²) in [6, 6.07) is 37.4. The molecule has 0 aliphatic carbocycles. The van der Waals surface area contributed by atoms with Crippen LogP contribution in [0.1, 0.15) is 46.6 Å². The molecule has 220 valence electrons. The third kappa shape index (κ3) is 5.82. The van der Waals surface area contributed by atoms with Crippen molar-refractivity contribution in [1.82, 2.24) is 0 Å². The topological polar surface area (TPSA) is 57.9 Å². The number of hydrogen-bond acceptors (Lipinski definition) is 5. The first-order valence-electron chi connectivity index (χ1n) is 14.5. The minimum absolute atomic E-state index is 0.0380. The molecule has 6 rings (SSSR count). The Morgan fingerprint density at radius 1 is 0.727 bits per heavy atom. The molecule has 0 unspecified atom stereocenters. The van der Waals surface area contributed by atoms with Gasteiger partial charge in [-0.05, 0) is 93.2 Å². The molecule has 0 aliphatic heterocycles. The molecule has 0 saturated carbocycles. The lowest BCUT2D eigenvalue weighted by Crippen LogP contribution is -2.05. The lowest BCUT2D eigenvalue weighted by atomic mass is 9.84. The van der Waals surface area contributed by atoms with Gasteiger partial charge in [0.05, 0.1) is 21.3 Å². The standard InChI is InChI=1S/C39H34O5/c1-25(30-12-11-27-10-9-26-7-5-6-8-34(26)35(27)22-30)21-37-36(23-33(44-37)24-38(40)43-4)39(28-13-17-31(41-2)18-14-28)29-15-19-32(42-3)20-16-29/h5-23,39H,24H2,1-4H3/b25-21+. The van der Waals surface area contributed by atoms with Gasteiger partial charge in [0, 0.05) is 11.5 Å². The maximum atomic E-state index is 12.3. The number of carbonyl (C=O) groups excluding carboxylic acids is 1. The predicted molar refractivity (Wildman–Crippen MR) is 176 cm³/mol. The Morgan fingerprint density at radius 3 is 1.93 bits per heavy atom. The lowest BCUT2D eigenvalue weighted by molar-refractivity contribution is -0.140. The van der Waals surface area contributed by atoms with Crippen molar-refractivity contribution < 1.29 is 23.4 Å². The summed E-state index contributed by atoms with van der Waals surface area (Å²) in [6.45, 7) is 2.09. The van der Waals surface area contributed by atoms with E-state index in [1.807, 2.05) is 30.3 Å². The quantitative estimate of drug-likeness (QED) is 0.126. The molecule has 5 aromatic carbocycles. The third-order valence-electron chi connectivity index (χ3n) is 8.15. The summed E-state index contributed by atoms with van der Waals surface area (Å²) in [5.41, 5.74) is 5.21. The minimum atomic E-state index is -0.357. The molecule has 0 N–H and O–H groups in total. The number of hydrogen-bond donors (Lipinski definition) is 0. The normalized spacial score (nSPS) is 11.7. The highest BCUT2D eigenvalue weighted by molar-refractivity contribution is 6.08. The van der Waals surface area contributed by atoms with Crippen LogP contribution >= 0.6 is 0 Å². The number of furan rings is 1. The van der Waals surface area contributed by atoms with Gasteiger partial charge >= 0.3 is 5.97 Å². The van der Waals surface area contributed by atoms with E-state index in [9.17, 15) is 4.79 Å². The second-order valence-corrected chi connectivity index (χ2v) is 10.8. The first-order chi connectivity index (χ1) is 21.5. The van der Waals surface area contributed by atoms with Crippen molar-refractivity contribution in [2.45, 2.75) is 19.3 Å². The van der Waals surface area contributed by atoms with Crippen LogP contribution in [0.5, 0.6) is 11.5 Å².